The Morgan fingerprint density at radius 3 is 2.55 bits per heavy atom. The second-order valence-electron chi connectivity index (χ2n) is 7.67. The summed E-state index contributed by atoms with van der Waals surface area (Å²) in [6, 6.07) is 7.80. The van der Waals surface area contributed by atoms with Crippen LogP contribution in [0.4, 0.5) is 5.82 Å². The van der Waals surface area contributed by atoms with Crippen molar-refractivity contribution in [1.29, 1.82) is 0 Å². The standard InChI is InChI=1S/C21H25N5O3/c1-13-8-14(2)16-11-18(22-17(16)9-13)21(28)26-6-4-25(5-7-26)12-20(27)23-19-10-15(3)29-24-19/h8-11,22H,4-7,12H2,1-3H3,(H,23,24,27). The van der Waals surface area contributed by atoms with Gasteiger partial charge in [0, 0.05) is 43.1 Å². The van der Waals surface area contributed by atoms with Crippen molar-refractivity contribution in [1.82, 2.24) is 19.9 Å². The average molecular weight is 395 g/mol. The molecule has 1 fully saturated rings. The molecule has 8 nitrogen and oxygen atoms in total. The van der Waals surface area contributed by atoms with Crippen LogP contribution in [0.15, 0.2) is 28.8 Å². The van der Waals surface area contributed by atoms with E-state index in [0.717, 1.165) is 16.5 Å². The quantitative estimate of drug-likeness (QED) is 0.708. The van der Waals surface area contributed by atoms with Crippen molar-refractivity contribution in [2.24, 2.45) is 0 Å². The monoisotopic (exact) mass is 395 g/mol. The SMILES string of the molecule is Cc1cc(C)c2cc(C(=O)N3CCN(CC(=O)Nc4cc(C)on4)CC3)[nH]c2c1. The number of aromatic nitrogens is 2. The summed E-state index contributed by atoms with van der Waals surface area (Å²) in [6.07, 6.45) is 0. The lowest BCUT2D eigenvalue weighted by Crippen LogP contribution is -2.50. The molecule has 1 aromatic carbocycles. The van der Waals surface area contributed by atoms with Crippen LogP contribution in [0, 0.1) is 20.8 Å². The number of hydrogen-bond donors (Lipinski definition) is 2. The van der Waals surface area contributed by atoms with Crippen molar-refractivity contribution in [3.8, 4) is 0 Å². The Balaban J connectivity index is 1.34. The molecule has 1 saturated heterocycles. The van der Waals surface area contributed by atoms with Gasteiger partial charge in [-0.15, -0.1) is 0 Å². The molecule has 29 heavy (non-hydrogen) atoms. The van der Waals surface area contributed by atoms with E-state index < -0.39 is 0 Å². The Morgan fingerprint density at radius 2 is 1.86 bits per heavy atom. The summed E-state index contributed by atoms with van der Waals surface area (Å²) in [5.74, 6) is 0.931. The van der Waals surface area contributed by atoms with Crippen LogP contribution in [0.2, 0.25) is 0 Å². The molecule has 0 aliphatic carbocycles. The molecule has 4 rings (SSSR count). The number of aryl methyl sites for hydroxylation is 3. The molecule has 1 aliphatic rings. The van der Waals surface area contributed by atoms with Crippen molar-refractivity contribution < 1.29 is 14.1 Å². The highest BCUT2D eigenvalue weighted by molar-refractivity contribution is 5.99. The Kier molecular flexibility index (Phi) is 5.10. The van der Waals surface area contributed by atoms with Gasteiger partial charge in [-0.2, -0.15) is 0 Å². The smallest absolute Gasteiger partial charge is 0.270 e. The van der Waals surface area contributed by atoms with E-state index in [-0.39, 0.29) is 18.4 Å². The zero-order chi connectivity index (χ0) is 20.5. The molecule has 2 aromatic heterocycles. The van der Waals surface area contributed by atoms with Gasteiger partial charge in [-0.3, -0.25) is 14.5 Å². The summed E-state index contributed by atoms with van der Waals surface area (Å²) < 4.78 is 4.95. The number of amides is 2. The molecule has 8 heteroatoms. The average Bonchev–Trinajstić information content (AvgIpc) is 3.28. The molecule has 0 bridgehead atoms. The van der Waals surface area contributed by atoms with Gasteiger partial charge in [-0.05, 0) is 44.0 Å². The Bertz CT molecular complexity index is 1060. The van der Waals surface area contributed by atoms with Crippen molar-refractivity contribution in [3.63, 3.8) is 0 Å². The number of nitrogens with zero attached hydrogens (tertiary/aromatic N) is 3. The molecule has 0 atom stereocenters. The van der Waals surface area contributed by atoms with Crippen molar-refractivity contribution in [2.45, 2.75) is 20.8 Å². The van der Waals surface area contributed by atoms with Crippen molar-refractivity contribution in [3.05, 3.63) is 46.8 Å². The van der Waals surface area contributed by atoms with Gasteiger partial charge in [0.25, 0.3) is 5.91 Å². The summed E-state index contributed by atoms with van der Waals surface area (Å²) >= 11 is 0. The number of fused-ring (bicyclic) bond motifs is 1. The number of carbonyl (C=O) groups excluding carboxylic acids is 2. The van der Waals surface area contributed by atoms with Crippen LogP contribution < -0.4 is 5.32 Å². The van der Waals surface area contributed by atoms with Crippen LogP contribution in [0.5, 0.6) is 0 Å². The van der Waals surface area contributed by atoms with Gasteiger partial charge in [0.05, 0.1) is 6.54 Å². The minimum Gasteiger partial charge on any atom is -0.360 e. The number of piperazine rings is 1. The molecule has 1 aliphatic heterocycles. The zero-order valence-corrected chi connectivity index (χ0v) is 16.9. The third-order valence-electron chi connectivity index (χ3n) is 5.24. The number of carbonyl (C=O) groups is 2. The third kappa shape index (κ3) is 4.17. The highest BCUT2D eigenvalue weighted by atomic mass is 16.5. The largest absolute Gasteiger partial charge is 0.360 e. The lowest BCUT2D eigenvalue weighted by atomic mass is 10.1. The van der Waals surface area contributed by atoms with Crippen molar-refractivity contribution >= 4 is 28.5 Å². The highest BCUT2D eigenvalue weighted by Gasteiger charge is 2.24. The number of aromatic amines is 1. The molecule has 3 aromatic rings. The first-order valence-electron chi connectivity index (χ1n) is 9.74. The fourth-order valence-corrected chi connectivity index (χ4v) is 3.80. The molecule has 0 radical (unpaired) electrons. The molecule has 0 unspecified atom stereocenters. The van der Waals surface area contributed by atoms with Gasteiger partial charge < -0.3 is 19.7 Å². The minimum absolute atomic E-state index is 0.000395. The van der Waals surface area contributed by atoms with Crippen LogP contribution in [0.1, 0.15) is 27.4 Å². The minimum atomic E-state index is -0.139. The van der Waals surface area contributed by atoms with Crippen LogP contribution in [0.3, 0.4) is 0 Å². The highest BCUT2D eigenvalue weighted by Crippen LogP contribution is 2.22. The lowest BCUT2D eigenvalue weighted by Gasteiger charge is -2.34. The van der Waals surface area contributed by atoms with E-state index >= 15 is 0 Å². The number of nitrogens with one attached hydrogen (secondary N) is 2. The maximum absolute atomic E-state index is 12.9. The van der Waals surface area contributed by atoms with Gasteiger partial charge >= 0.3 is 0 Å². The maximum atomic E-state index is 12.9. The van der Waals surface area contributed by atoms with Crippen LogP contribution in [-0.4, -0.2) is 64.5 Å². The second-order valence-corrected chi connectivity index (χ2v) is 7.67. The van der Waals surface area contributed by atoms with Gasteiger partial charge in [0.1, 0.15) is 11.5 Å². The van der Waals surface area contributed by atoms with Crippen LogP contribution >= 0.6 is 0 Å². The van der Waals surface area contributed by atoms with E-state index in [1.54, 1.807) is 13.0 Å². The molecule has 3 heterocycles. The van der Waals surface area contributed by atoms with Gasteiger partial charge in [-0.25, -0.2) is 0 Å². The lowest BCUT2D eigenvalue weighted by molar-refractivity contribution is -0.117. The molecule has 2 N–H and O–H groups in total. The van der Waals surface area contributed by atoms with Crippen LogP contribution in [0.25, 0.3) is 10.9 Å². The molecule has 0 saturated carbocycles. The number of rotatable bonds is 4. The van der Waals surface area contributed by atoms with E-state index in [4.69, 9.17) is 4.52 Å². The topological polar surface area (TPSA) is 94.5 Å². The molecule has 0 spiro atoms. The first kappa shape index (κ1) is 19.2. The maximum Gasteiger partial charge on any atom is 0.270 e. The summed E-state index contributed by atoms with van der Waals surface area (Å²) in [5.41, 5.74) is 3.93. The number of anilines is 1. The third-order valence-corrected chi connectivity index (χ3v) is 5.24. The fourth-order valence-electron chi connectivity index (χ4n) is 3.80. The second kappa shape index (κ2) is 7.71. The molecule has 2 amide bonds. The predicted molar refractivity (Wildman–Crippen MR) is 110 cm³/mol. The fraction of sp³-hybridized carbons (Fsp3) is 0.381. The van der Waals surface area contributed by atoms with E-state index in [9.17, 15) is 9.59 Å². The molecular weight excluding hydrogens is 370 g/mol. The van der Waals surface area contributed by atoms with E-state index in [0.29, 0.717) is 43.5 Å². The Morgan fingerprint density at radius 1 is 1.10 bits per heavy atom. The van der Waals surface area contributed by atoms with Crippen molar-refractivity contribution in [2.75, 3.05) is 38.0 Å². The summed E-state index contributed by atoms with van der Waals surface area (Å²) in [5, 5.41) is 7.57. The van der Waals surface area contributed by atoms with E-state index in [1.165, 1.54) is 5.56 Å². The Hall–Kier alpha value is -3.13. The van der Waals surface area contributed by atoms with Gasteiger partial charge in [0.15, 0.2) is 5.82 Å². The Labute approximate surface area is 168 Å². The summed E-state index contributed by atoms with van der Waals surface area (Å²) in [6.45, 7) is 8.61. The van der Waals surface area contributed by atoms with E-state index in [2.05, 4.69) is 34.5 Å². The predicted octanol–water partition coefficient (Wildman–Crippen LogP) is 2.48. The first-order chi connectivity index (χ1) is 13.9. The number of hydrogen-bond acceptors (Lipinski definition) is 5. The number of benzene rings is 1. The van der Waals surface area contributed by atoms with Gasteiger partial charge in [-0.1, -0.05) is 11.2 Å². The molecule has 152 valence electrons. The summed E-state index contributed by atoms with van der Waals surface area (Å²) in [7, 11) is 0. The normalized spacial score (nSPS) is 15.1. The molecular formula is C21H25N5O3. The van der Waals surface area contributed by atoms with Crippen LogP contribution in [-0.2, 0) is 4.79 Å². The zero-order valence-electron chi connectivity index (χ0n) is 16.9. The first-order valence-corrected chi connectivity index (χ1v) is 9.74. The van der Waals surface area contributed by atoms with E-state index in [1.807, 2.05) is 22.8 Å². The number of H-pyrrole nitrogens is 1. The summed E-state index contributed by atoms with van der Waals surface area (Å²) in [4.78, 5) is 32.2. The van der Waals surface area contributed by atoms with Gasteiger partial charge in [0.2, 0.25) is 5.91 Å².